The van der Waals surface area contributed by atoms with Gasteiger partial charge >= 0.3 is 11.4 Å². The number of nitro groups is 2. The highest BCUT2D eigenvalue weighted by Gasteiger charge is 2.30. The minimum absolute atomic E-state index is 0.0445. The summed E-state index contributed by atoms with van der Waals surface area (Å²) < 4.78 is 44.0. The molecule has 4 aromatic rings. The van der Waals surface area contributed by atoms with Crippen LogP contribution < -0.4 is 14.2 Å². The maximum Gasteiger partial charge on any atom is 0.311 e. The molecule has 0 heterocycles. The van der Waals surface area contributed by atoms with Gasteiger partial charge in [-0.15, -0.1) is 0 Å². The van der Waals surface area contributed by atoms with Gasteiger partial charge in [0, 0.05) is 22.2 Å². The SMILES string of the molecule is Cc1cc(Cl)ccc1-c1c(Oc2ccc([N+](=O)[O-])c(OCCF)c2-c2ccc(Cl)cc2C)ccc([N+](=O)[O-])c1OCCF. The zero-order valence-corrected chi connectivity index (χ0v) is 24.4. The number of rotatable bonds is 12. The fourth-order valence-electron chi connectivity index (χ4n) is 4.58. The third-order valence-corrected chi connectivity index (χ3v) is 6.84. The first-order chi connectivity index (χ1) is 20.6. The molecule has 0 fully saturated rings. The molecule has 0 saturated carbocycles. The Balaban J connectivity index is 2.06. The molecule has 0 aliphatic rings. The van der Waals surface area contributed by atoms with E-state index in [0.29, 0.717) is 32.3 Å². The molecule has 0 spiro atoms. The highest BCUT2D eigenvalue weighted by Crippen LogP contribution is 2.51. The fourth-order valence-corrected chi connectivity index (χ4v) is 5.04. The van der Waals surface area contributed by atoms with E-state index in [1.165, 1.54) is 12.1 Å². The molecule has 224 valence electrons. The van der Waals surface area contributed by atoms with Crippen LogP contribution in [-0.4, -0.2) is 36.4 Å². The number of nitro benzene ring substituents is 2. The van der Waals surface area contributed by atoms with Crippen LogP contribution in [0.2, 0.25) is 10.0 Å². The quantitative estimate of drug-likeness (QED) is 0.113. The van der Waals surface area contributed by atoms with Crippen LogP contribution in [0.3, 0.4) is 0 Å². The fraction of sp³-hybridized carbons (Fsp3) is 0.200. The highest BCUT2D eigenvalue weighted by atomic mass is 35.5. The maximum atomic E-state index is 13.2. The van der Waals surface area contributed by atoms with Crippen molar-refractivity contribution in [2.45, 2.75) is 13.8 Å². The summed E-state index contributed by atoms with van der Waals surface area (Å²) in [5, 5.41) is 24.8. The number of nitrogens with zero attached hydrogens (tertiary/aromatic N) is 2. The van der Waals surface area contributed by atoms with Gasteiger partial charge in [-0.2, -0.15) is 0 Å². The lowest BCUT2D eigenvalue weighted by molar-refractivity contribution is -0.385. The zero-order valence-electron chi connectivity index (χ0n) is 22.9. The van der Waals surface area contributed by atoms with E-state index in [0.717, 1.165) is 12.1 Å². The van der Waals surface area contributed by atoms with Crippen LogP contribution in [0.4, 0.5) is 20.2 Å². The first kappa shape index (κ1) is 31.5. The monoisotopic (exact) mass is 632 g/mol. The topological polar surface area (TPSA) is 114 Å². The van der Waals surface area contributed by atoms with Crippen molar-refractivity contribution in [2.24, 2.45) is 0 Å². The average Bonchev–Trinajstić information content (AvgIpc) is 2.95. The molecule has 0 radical (unpaired) electrons. The molecule has 0 aliphatic heterocycles. The first-order valence-electron chi connectivity index (χ1n) is 12.8. The van der Waals surface area contributed by atoms with Crippen molar-refractivity contribution < 1.29 is 32.8 Å². The van der Waals surface area contributed by atoms with E-state index < -0.39 is 47.8 Å². The van der Waals surface area contributed by atoms with Gasteiger partial charge in [-0.25, -0.2) is 8.78 Å². The van der Waals surface area contributed by atoms with E-state index in [-0.39, 0.29) is 34.1 Å². The number of benzene rings is 4. The van der Waals surface area contributed by atoms with Gasteiger partial charge in [0.1, 0.15) is 38.1 Å². The molecule has 0 unspecified atom stereocenters. The van der Waals surface area contributed by atoms with Crippen LogP contribution in [-0.2, 0) is 0 Å². The molecule has 0 aliphatic carbocycles. The Kier molecular flexibility index (Phi) is 9.99. The van der Waals surface area contributed by atoms with Crippen molar-refractivity contribution in [3.8, 4) is 45.3 Å². The van der Waals surface area contributed by atoms with E-state index in [2.05, 4.69) is 0 Å². The molecule has 0 atom stereocenters. The number of halogens is 4. The summed E-state index contributed by atoms with van der Waals surface area (Å²) in [5.41, 5.74) is 1.47. The van der Waals surface area contributed by atoms with E-state index >= 15 is 0 Å². The Morgan fingerprint density at radius 3 is 1.40 bits per heavy atom. The lowest BCUT2D eigenvalue weighted by Crippen LogP contribution is -2.06. The van der Waals surface area contributed by atoms with E-state index in [1.54, 1.807) is 50.2 Å². The summed E-state index contributed by atoms with van der Waals surface area (Å²) in [6.45, 7) is 0.660. The number of alkyl halides is 2. The molecule has 0 aromatic heterocycles. The van der Waals surface area contributed by atoms with E-state index in [4.69, 9.17) is 37.4 Å². The predicted molar refractivity (Wildman–Crippen MR) is 160 cm³/mol. The van der Waals surface area contributed by atoms with E-state index in [1.807, 2.05) is 0 Å². The number of aryl methyl sites for hydroxylation is 2. The second-order valence-corrected chi connectivity index (χ2v) is 10.1. The van der Waals surface area contributed by atoms with Gasteiger partial charge in [-0.3, -0.25) is 20.2 Å². The second-order valence-electron chi connectivity index (χ2n) is 9.18. The molecule has 43 heavy (non-hydrogen) atoms. The van der Waals surface area contributed by atoms with Crippen molar-refractivity contribution >= 4 is 34.6 Å². The number of hydrogen-bond donors (Lipinski definition) is 0. The van der Waals surface area contributed by atoms with Crippen molar-refractivity contribution in [3.05, 3.63) is 102 Å². The molecule has 4 aromatic carbocycles. The van der Waals surface area contributed by atoms with Crippen LogP contribution in [0.25, 0.3) is 22.3 Å². The maximum absolute atomic E-state index is 13.2. The molecule has 0 N–H and O–H groups in total. The molecule has 4 rings (SSSR count). The summed E-state index contributed by atoms with van der Waals surface area (Å²) in [5.74, 6) is -0.401. The second kappa shape index (κ2) is 13.7. The van der Waals surface area contributed by atoms with Gasteiger partial charge in [-0.1, -0.05) is 35.3 Å². The molecule has 0 bridgehead atoms. The largest absolute Gasteiger partial charge is 0.484 e. The van der Waals surface area contributed by atoms with Crippen LogP contribution in [0.1, 0.15) is 11.1 Å². The summed E-state index contributed by atoms with van der Waals surface area (Å²) >= 11 is 12.3. The lowest BCUT2D eigenvalue weighted by Gasteiger charge is -2.21. The minimum Gasteiger partial charge on any atom is -0.484 e. The Morgan fingerprint density at radius 2 is 1.07 bits per heavy atom. The standard InChI is InChI=1S/C30H24Cl2F2N2O7/c1-17-15-19(31)3-5-21(17)27-25(9-7-23(35(37)38)29(27)41-13-11-33)43-26-10-8-24(36(39)40)30(42-14-12-34)28(26)22-6-4-20(32)16-18(22)2/h3-10,15-16H,11-14H2,1-2H3. The van der Waals surface area contributed by atoms with Gasteiger partial charge in [0.05, 0.1) is 21.0 Å². The van der Waals surface area contributed by atoms with Gasteiger partial charge in [0.2, 0.25) is 11.5 Å². The summed E-state index contributed by atoms with van der Waals surface area (Å²) in [6.07, 6.45) is 0. The van der Waals surface area contributed by atoms with Gasteiger partial charge in [0.15, 0.2) is 0 Å². The summed E-state index contributed by atoms with van der Waals surface area (Å²) in [4.78, 5) is 22.6. The van der Waals surface area contributed by atoms with Crippen molar-refractivity contribution in [3.63, 3.8) is 0 Å². The number of hydrogen-bond acceptors (Lipinski definition) is 7. The van der Waals surface area contributed by atoms with Crippen LogP contribution in [0.15, 0.2) is 60.7 Å². The molecule has 13 heteroatoms. The van der Waals surface area contributed by atoms with Gasteiger partial charge in [0.25, 0.3) is 0 Å². The molecular formula is C30H24Cl2F2N2O7. The third kappa shape index (κ3) is 6.79. The third-order valence-electron chi connectivity index (χ3n) is 6.37. The molecular weight excluding hydrogens is 609 g/mol. The molecule has 0 saturated heterocycles. The Morgan fingerprint density at radius 1 is 0.674 bits per heavy atom. The van der Waals surface area contributed by atoms with Crippen LogP contribution in [0, 0.1) is 34.1 Å². The Hall–Kier alpha value is -4.48. The minimum atomic E-state index is -0.918. The normalized spacial score (nSPS) is 10.8. The summed E-state index contributed by atoms with van der Waals surface area (Å²) in [7, 11) is 0. The Bertz CT molecular complexity index is 1580. The molecule has 0 amide bonds. The highest BCUT2D eigenvalue weighted by molar-refractivity contribution is 6.31. The van der Waals surface area contributed by atoms with Gasteiger partial charge < -0.3 is 14.2 Å². The zero-order chi connectivity index (χ0) is 31.3. The molecule has 9 nitrogen and oxygen atoms in total. The Labute approximate surface area is 254 Å². The lowest BCUT2D eigenvalue weighted by atomic mass is 9.96. The van der Waals surface area contributed by atoms with Crippen molar-refractivity contribution in [1.29, 1.82) is 0 Å². The number of ether oxygens (including phenoxy) is 3. The van der Waals surface area contributed by atoms with Gasteiger partial charge in [-0.05, 0) is 72.5 Å². The first-order valence-corrected chi connectivity index (χ1v) is 13.5. The smallest absolute Gasteiger partial charge is 0.311 e. The van der Waals surface area contributed by atoms with Crippen molar-refractivity contribution in [2.75, 3.05) is 26.6 Å². The van der Waals surface area contributed by atoms with Crippen molar-refractivity contribution in [1.82, 2.24) is 0 Å². The van der Waals surface area contributed by atoms with E-state index in [9.17, 15) is 29.0 Å². The average molecular weight is 633 g/mol. The van der Waals surface area contributed by atoms with Crippen LogP contribution >= 0.6 is 23.2 Å². The summed E-state index contributed by atoms with van der Waals surface area (Å²) in [6, 6.07) is 14.6. The van der Waals surface area contributed by atoms with Crippen LogP contribution in [0.5, 0.6) is 23.0 Å². The predicted octanol–water partition coefficient (Wildman–Crippen LogP) is 9.25.